The van der Waals surface area contributed by atoms with Crippen LogP contribution in [0, 0.1) is 15.9 Å². The molecule has 0 fully saturated rings. The summed E-state index contributed by atoms with van der Waals surface area (Å²) in [5, 5.41) is 11.0. The minimum atomic E-state index is -5.04. The first kappa shape index (κ1) is 15.0. The molecule has 0 bridgehead atoms. The number of nitrogens with zero attached hydrogens (tertiary/aromatic N) is 4. The second-order valence-corrected chi connectivity index (χ2v) is 4.57. The van der Waals surface area contributed by atoms with Crippen molar-refractivity contribution in [3.63, 3.8) is 0 Å². The summed E-state index contributed by atoms with van der Waals surface area (Å²) in [4.78, 5) is 15.2. The van der Waals surface area contributed by atoms with Gasteiger partial charge in [-0.05, 0) is 6.07 Å². The Labute approximate surface area is 115 Å². The number of hydrogen-bond acceptors (Lipinski definition) is 4. The summed E-state index contributed by atoms with van der Waals surface area (Å²) in [5.41, 5.74) is -3.52. The summed E-state index contributed by atoms with van der Waals surface area (Å²) >= 11 is 0. The number of nitro groups is 1. The van der Waals surface area contributed by atoms with Crippen molar-refractivity contribution in [3.8, 4) is 0 Å². The van der Waals surface area contributed by atoms with Gasteiger partial charge in [0.25, 0.3) is 0 Å². The number of aromatic nitrogens is 2. The second-order valence-electron chi connectivity index (χ2n) is 4.57. The normalized spacial score (nSPS) is 12.0. The Hall–Kier alpha value is -2.39. The quantitative estimate of drug-likeness (QED) is 0.486. The highest BCUT2D eigenvalue weighted by Crippen LogP contribution is 2.40. The predicted molar refractivity (Wildman–Crippen MR) is 66.7 cm³/mol. The third-order valence-electron chi connectivity index (χ3n) is 2.94. The van der Waals surface area contributed by atoms with Crippen molar-refractivity contribution in [1.29, 1.82) is 0 Å². The van der Waals surface area contributed by atoms with Crippen molar-refractivity contribution in [2.75, 3.05) is 19.0 Å². The van der Waals surface area contributed by atoms with Crippen LogP contribution in [-0.2, 0) is 13.2 Å². The molecule has 1 aromatic carbocycles. The van der Waals surface area contributed by atoms with Crippen LogP contribution in [0.2, 0.25) is 0 Å². The van der Waals surface area contributed by atoms with E-state index in [9.17, 15) is 27.7 Å². The SMILES string of the molecule is CN(C)c1nc2cc(C(F)(F)F)c(F)c([N+](=O)[O-])c2n1C. The van der Waals surface area contributed by atoms with E-state index in [1.165, 1.54) is 16.5 Å². The van der Waals surface area contributed by atoms with Gasteiger partial charge in [0.1, 0.15) is 5.56 Å². The number of rotatable bonds is 2. The maximum Gasteiger partial charge on any atom is 0.419 e. The molecule has 0 unspecified atom stereocenters. The second kappa shape index (κ2) is 4.57. The Morgan fingerprint density at radius 1 is 1.38 bits per heavy atom. The minimum Gasteiger partial charge on any atom is -0.348 e. The lowest BCUT2D eigenvalue weighted by molar-refractivity contribution is -0.386. The van der Waals surface area contributed by atoms with Gasteiger partial charge in [0.2, 0.25) is 11.8 Å². The van der Waals surface area contributed by atoms with Crippen LogP contribution in [0.5, 0.6) is 0 Å². The van der Waals surface area contributed by atoms with Crippen molar-refractivity contribution in [3.05, 3.63) is 27.6 Å². The largest absolute Gasteiger partial charge is 0.419 e. The van der Waals surface area contributed by atoms with Crippen LogP contribution < -0.4 is 4.90 Å². The maximum atomic E-state index is 13.9. The number of alkyl halides is 3. The van der Waals surface area contributed by atoms with Crippen LogP contribution in [0.25, 0.3) is 11.0 Å². The Bertz CT molecular complexity index is 736. The maximum absolute atomic E-state index is 13.9. The fourth-order valence-electron chi connectivity index (χ4n) is 2.09. The molecule has 6 nitrogen and oxygen atoms in total. The van der Waals surface area contributed by atoms with Gasteiger partial charge in [-0.3, -0.25) is 10.1 Å². The third-order valence-corrected chi connectivity index (χ3v) is 2.94. The predicted octanol–water partition coefficient (Wildman–Crippen LogP) is 2.71. The molecular formula is C11H10F4N4O2. The number of hydrogen-bond donors (Lipinski definition) is 0. The van der Waals surface area contributed by atoms with Crippen LogP contribution in [-0.4, -0.2) is 28.6 Å². The van der Waals surface area contributed by atoms with Crippen LogP contribution in [0.3, 0.4) is 0 Å². The number of aryl methyl sites for hydroxylation is 1. The topological polar surface area (TPSA) is 64.2 Å². The Balaban J connectivity index is 2.98. The van der Waals surface area contributed by atoms with Gasteiger partial charge in [-0.2, -0.15) is 17.6 Å². The molecule has 21 heavy (non-hydrogen) atoms. The zero-order chi connectivity index (χ0) is 16.1. The van der Waals surface area contributed by atoms with E-state index < -0.39 is 28.2 Å². The number of halogens is 4. The first-order valence-corrected chi connectivity index (χ1v) is 5.63. The number of benzene rings is 1. The fourth-order valence-corrected chi connectivity index (χ4v) is 2.09. The molecule has 2 rings (SSSR count). The molecule has 0 atom stereocenters. The van der Waals surface area contributed by atoms with Gasteiger partial charge in [-0.25, -0.2) is 4.98 Å². The van der Waals surface area contributed by atoms with E-state index in [2.05, 4.69) is 4.98 Å². The molecule has 0 spiro atoms. The minimum absolute atomic E-state index is 0.173. The molecule has 0 saturated carbocycles. The summed E-state index contributed by atoms with van der Waals surface area (Å²) < 4.78 is 53.4. The van der Waals surface area contributed by atoms with Crippen molar-refractivity contribution < 1.29 is 22.5 Å². The smallest absolute Gasteiger partial charge is 0.348 e. The highest BCUT2D eigenvalue weighted by molar-refractivity contribution is 5.88. The number of nitro benzene ring substituents is 1. The number of imidazole rings is 1. The van der Waals surface area contributed by atoms with E-state index in [1.54, 1.807) is 14.1 Å². The van der Waals surface area contributed by atoms with Gasteiger partial charge < -0.3 is 9.47 Å². The van der Waals surface area contributed by atoms with Gasteiger partial charge in [0.05, 0.1) is 10.4 Å². The highest BCUT2D eigenvalue weighted by atomic mass is 19.4. The van der Waals surface area contributed by atoms with Gasteiger partial charge in [-0.1, -0.05) is 0 Å². The lowest BCUT2D eigenvalue weighted by atomic mass is 10.1. The van der Waals surface area contributed by atoms with Crippen molar-refractivity contribution >= 4 is 22.7 Å². The Morgan fingerprint density at radius 2 is 1.95 bits per heavy atom. The lowest BCUT2D eigenvalue weighted by Gasteiger charge is -2.11. The van der Waals surface area contributed by atoms with E-state index in [-0.39, 0.29) is 17.0 Å². The molecule has 2 aromatic rings. The number of anilines is 1. The van der Waals surface area contributed by atoms with E-state index in [4.69, 9.17) is 0 Å². The summed E-state index contributed by atoms with van der Waals surface area (Å²) in [6.07, 6.45) is -5.04. The molecule has 0 radical (unpaired) electrons. The third kappa shape index (κ3) is 2.26. The molecule has 0 aliphatic heterocycles. The average Bonchev–Trinajstić information content (AvgIpc) is 2.64. The van der Waals surface area contributed by atoms with E-state index in [0.29, 0.717) is 6.07 Å². The van der Waals surface area contributed by atoms with E-state index in [0.717, 1.165) is 0 Å². The van der Waals surface area contributed by atoms with E-state index in [1.807, 2.05) is 0 Å². The summed E-state index contributed by atoms with van der Waals surface area (Å²) in [5.74, 6) is -1.74. The molecule has 0 N–H and O–H groups in total. The molecule has 1 aromatic heterocycles. The zero-order valence-electron chi connectivity index (χ0n) is 11.2. The molecular weight excluding hydrogens is 296 g/mol. The molecule has 0 saturated heterocycles. The molecule has 0 aliphatic rings. The monoisotopic (exact) mass is 306 g/mol. The first-order valence-electron chi connectivity index (χ1n) is 5.63. The molecule has 10 heteroatoms. The molecule has 0 aliphatic carbocycles. The summed E-state index contributed by atoms with van der Waals surface area (Å²) in [6, 6.07) is 0.477. The zero-order valence-corrected chi connectivity index (χ0v) is 11.2. The summed E-state index contributed by atoms with van der Waals surface area (Å²) in [6.45, 7) is 0. The summed E-state index contributed by atoms with van der Waals surface area (Å²) in [7, 11) is 4.49. The van der Waals surface area contributed by atoms with Gasteiger partial charge >= 0.3 is 11.9 Å². The molecule has 114 valence electrons. The average molecular weight is 306 g/mol. The molecule has 0 amide bonds. The standard InChI is InChI=1S/C11H10F4N4O2/c1-17(2)10-16-6-4-5(11(13,14)15)7(12)9(19(20)21)8(6)18(10)3/h4H,1-3H3. The van der Waals surface area contributed by atoms with Crippen LogP contribution in [0.1, 0.15) is 5.56 Å². The van der Waals surface area contributed by atoms with E-state index >= 15 is 0 Å². The number of fused-ring (bicyclic) bond motifs is 1. The highest BCUT2D eigenvalue weighted by Gasteiger charge is 2.40. The van der Waals surface area contributed by atoms with Crippen LogP contribution in [0.4, 0.5) is 29.2 Å². The van der Waals surface area contributed by atoms with Crippen molar-refractivity contribution in [2.45, 2.75) is 6.18 Å². The Morgan fingerprint density at radius 3 is 2.38 bits per heavy atom. The van der Waals surface area contributed by atoms with Gasteiger partial charge in [-0.15, -0.1) is 0 Å². The van der Waals surface area contributed by atoms with Crippen LogP contribution >= 0.6 is 0 Å². The Kier molecular flexibility index (Phi) is 3.27. The van der Waals surface area contributed by atoms with Crippen molar-refractivity contribution in [1.82, 2.24) is 9.55 Å². The fraction of sp³-hybridized carbons (Fsp3) is 0.364. The lowest BCUT2D eigenvalue weighted by Crippen LogP contribution is -2.14. The van der Waals surface area contributed by atoms with Gasteiger partial charge in [0.15, 0.2) is 5.52 Å². The van der Waals surface area contributed by atoms with Crippen molar-refractivity contribution in [2.24, 2.45) is 7.05 Å². The van der Waals surface area contributed by atoms with Gasteiger partial charge in [0, 0.05) is 21.1 Å². The molecule has 1 heterocycles. The van der Waals surface area contributed by atoms with Crippen LogP contribution in [0.15, 0.2) is 6.07 Å². The first-order chi connectivity index (χ1) is 9.55.